The van der Waals surface area contributed by atoms with Crippen LogP contribution in [0.4, 0.5) is 4.39 Å². The van der Waals surface area contributed by atoms with Crippen molar-refractivity contribution in [2.45, 2.75) is 19.3 Å². The summed E-state index contributed by atoms with van der Waals surface area (Å²) in [7, 11) is 0. The van der Waals surface area contributed by atoms with Gasteiger partial charge in [0, 0.05) is 32.7 Å². The first-order valence-corrected chi connectivity index (χ1v) is 7.66. The van der Waals surface area contributed by atoms with E-state index in [1.165, 1.54) is 18.9 Å². The Bertz CT molecular complexity index is 442. The Kier molecular flexibility index (Phi) is 4.53. The summed E-state index contributed by atoms with van der Waals surface area (Å²) in [4.78, 5) is 2.42. The zero-order valence-electron chi connectivity index (χ0n) is 11.9. The van der Waals surface area contributed by atoms with Crippen molar-refractivity contribution < 1.29 is 9.13 Å². The van der Waals surface area contributed by atoms with Crippen LogP contribution in [0.1, 0.15) is 18.4 Å². The molecule has 2 fully saturated rings. The molecule has 1 N–H and O–H groups in total. The van der Waals surface area contributed by atoms with Gasteiger partial charge in [-0.3, -0.25) is 0 Å². The zero-order chi connectivity index (χ0) is 13.8. The van der Waals surface area contributed by atoms with E-state index >= 15 is 0 Å². The Morgan fingerprint density at radius 2 is 2.05 bits per heavy atom. The van der Waals surface area contributed by atoms with Crippen LogP contribution in [0.3, 0.4) is 0 Å². The highest BCUT2D eigenvalue weighted by atomic mass is 19.1. The lowest BCUT2D eigenvalue weighted by Gasteiger charge is -2.27. The van der Waals surface area contributed by atoms with Crippen molar-refractivity contribution in [2.75, 3.05) is 39.3 Å². The van der Waals surface area contributed by atoms with E-state index in [2.05, 4.69) is 10.2 Å². The van der Waals surface area contributed by atoms with Crippen molar-refractivity contribution in [1.82, 2.24) is 10.2 Å². The average Bonchev–Trinajstić information content (AvgIpc) is 3.29. The maximum atomic E-state index is 13.9. The lowest BCUT2D eigenvalue weighted by molar-refractivity contribution is 0.240. The molecule has 1 aromatic rings. The number of hydrogen-bond acceptors (Lipinski definition) is 3. The number of nitrogens with zero attached hydrogens (tertiary/aromatic N) is 1. The molecule has 1 saturated heterocycles. The highest BCUT2D eigenvalue weighted by Crippen LogP contribution is 2.31. The molecule has 4 heteroatoms. The molecule has 1 aliphatic heterocycles. The Hall–Kier alpha value is -1.13. The second kappa shape index (κ2) is 6.55. The van der Waals surface area contributed by atoms with Crippen molar-refractivity contribution >= 4 is 0 Å². The number of halogens is 1. The third-order valence-corrected chi connectivity index (χ3v) is 4.12. The molecule has 3 nitrogen and oxygen atoms in total. The van der Waals surface area contributed by atoms with E-state index in [1.807, 2.05) is 6.07 Å². The molecule has 0 bridgehead atoms. The van der Waals surface area contributed by atoms with Crippen molar-refractivity contribution in [2.24, 2.45) is 5.92 Å². The smallest absolute Gasteiger partial charge is 0.165 e. The van der Waals surface area contributed by atoms with E-state index in [4.69, 9.17) is 4.74 Å². The van der Waals surface area contributed by atoms with Crippen LogP contribution in [-0.2, 0) is 6.42 Å². The Morgan fingerprint density at radius 1 is 1.25 bits per heavy atom. The van der Waals surface area contributed by atoms with Crippen LogP contribution in [0.5, 0.6) is 5.75 Å². The molecule has 20 heavy (non-hydrogen) atoms. The first kappa shape index (κ1) is 13.8. The summed E-state index contributed by atoms with van der Waals surface area (Å²) in [6.07, 6.45) is 3.31. The summed E-state index contributed by atoms with van der Waals surface area (Å²) < 4.78 is 19.7. The van der Waals surface area contributed by atoms with E-state index in [-0.39, 0.29) is 5.82 Å². The second-order valence-corrected chi connectivity index (χ2v) is 5.82. The SMILES string of the molecule is Fc1cccc(CCN2CCNCC2)c1OCC1CC1. The number of rotatable bonds is 6. The van der Waals surface area contributed by atoms with E-state index in [0.717, 1.165) is 44.7 Å². The fraction of sp³-hybridized carbons (Fsp3) is 0.625. The van der Waals surface area contributed by atoms with Crippen LogP contribution in [0.15, 0.2) is 18.2 Å². The third-order valence-electron chi connectivity index (χ3n) is 4.12. The molecule has 0 amide bonds. The number of para-hydroxylation sites is 1. The van der Waals surface area contributed by atoms with E-state index in [0.29, 0.717) is 18.3 Å². The largest absolute Gasteiger partial charge is 0.490 e. The maximum absolute atomic E-state index is 13.9. The van der Waals surface area contributed by atoms with Gasteiger partial charge in [0.05, 0.1) is 6.61 Å². The fourth-order valence-electron chi connectivity index (χ4n) is 2.61. The van der Waals surface area contributed by atoms with Gasteiger partial charge in [0.2, 0.25) is 0 Å². The van der Waals surface area contributed by atoms with E-state index < -0.39 is 0 Å². The van der Waals surface area contributed by atoms with Gasteiger partial charge in [-0.25, -0.2) is 4.39 Å². The van der Waals surface area contributed by atoms with Crippen molar-refractivity contribution in [3.05, 3.63) is 29.6 Å². The molecule has 0 aromatic heterocycles. The van der Waals surface area contributed by atoms with Gasteiger partial charge >= 0.3 is 0 Å². The maximum Gasteiger partial charge on any atom is 0.165 e. The van der Waals surface area contributed by atoms with Gasteiger partial charge in [0.15, 0.2) is 11.6 Å². The molecule has 1 saturated carbocycles. The minimum Gasteiger partial charge on any atom is -0.490 e. The lowest BCUT2D eigenvalue weighted by Crippen LogP contribution is -2.44. The molecule has 3 rings (SSSR count). The Morgan fingerprint density at radius 3 is 2.80 bits per heavy atom. The van der Waals surface area contributed by atoms with Crippen molar-refractivity contribution in [3.63, 3.8) is 0 Å². The summed E-state index contributed by atoms with van der Waals surface area (Å²) >= 11 is 0. The van der Waals surface area contributed by atoms with Gasteiger partial charge in [-0.15, -0.1) is 0 Å². The lowest BCUT2D eigenvalue weighted by atomic mass is 10.1. The summed E-state index contributed by atoms with van der Waals surface area (Å²) in [5.41, 5.74) is 1.00. The summed E-state index contributed by atoms with van der Waals surface area (Å²) in [6, 6.07) is 5.27. The summed E-state index contributed by atoms with van der Waals surface area (Å²) in [5.74, 6) is 0.911. The van der Waals surface area contributed by atoms with Gasteiger partial charge in [-0.1, -0.05) is 12.1 Å². The molecule has 0 unspecified atom stereocenters. The Balaban J connectivity index is 1.59. The molecular formula is C16H23FN2O. The van der Waals surface area contributed by atoms with Crippen LogP contribution in [-0.4, -0.2) is 44.2 Å². The Labute approximate surface area is 120 Å². The molecule has 110 valence electrons. The highest BCUT2D eigenvalue weighted by Gasteiger charge is 2.23. The van der Waals surface area contributed by atoms with Crippen LogP contribution in [0, 0.1) is 11.7 Å². The number of hydrogen-bond donors (Lipinski definition) is 1. The average molecular weight is 278 g/mol. The molecule has 0 atom stereocenters. The second-order valence-electron chi connectivity index (χ2n) is 5.82. The van der Waals surface area contributed by atoms with Gasteiger partial charge in [0.25, 0.3) is 0 Å². The van der Waals surface area contributed by atoms with Crippen LogP contribution in [0.2, 0.25) is 0 Å². The predicted octanol–water partition coefficient (Wildman–Crippen LogP) is 2.06. The first-order valence-electron chi connectivity index (χ1n) is 7.66. The van der Waals surface area contributed by atoms with E-state index in [9.17, 15) is 4.39 Å². The zero-order valence-corrected chi connectivity index (χ0v) is 11.9. The molecule has 0 spiro atoms. The quantitative estimate of drug-likeness (QED) is 0.862. The normalized spacial score (nSPS) is 20.1. The molecular weight excluding hydrogens is 255 g/mol. The van der Waals surface area contributed by atoms with Crippen LogP contribution in [0.25, 0.3) is 0 Å². The number of ether oxygens (including phenoxy) is 1. The molecule has 1 aliphatic carbocycles. The number of nitrogens with one attached hydrogen (secondary N) is 1. The minimum absolute atomic E-state index is 0.219. The third kappa shape index (κ3) is 3.70. The summed E-state index contributed by atoms with van der Waals surface area (Å²) in [6.45, 7) is 5.90. The van der Waals surface area contributed by atoms with Crippen LogP contribution >= 0.6 is 0 Å². The topological polar surface area (TPSA) is 24.5 Å². The van der Waals surface area contributed by atoms with Gasteiger partial charge in [0.1, 0.15) is 0 Å². The van der Waals surface area contributed by atoms with Crippen LogP contribution < -0.4 is 10.1 Å². The first-order chi connectivity index (χ1) is 9.83. The van der Waals surface area contributed by atoms with Gasteiger partial charge in [-0.2, -0.15) is 0 Å². The standard InChI is InChI=1S/C16H23FN2O/c17-15-3-1-2-14(16(15)20-12-13-4-5-13)6-9-19-10-7-18-8-11-19/h1-3,13,18H,4-12H2. The minimum atomic E-state index is -0.219. The van der Waals surface area contributed by atoms with Crippen molar-refractivity contribution in [1.29, 1.82) is 0 Å². The number of benzene rings is 1. The number of piperazine rings is 1. The monoisotopic (exact) mass is 278 g/mol. The highest BCUT2D eigenvalue weighted by molar-refractivity contribution is 5.35. The summed E-state index contributed by atoms with van der Waals surface area (Å²) in [5, 5.41) is 3.35. The predicted molar refractivity (Wildman–Crippen MR) is 77.6 cm³/mol. The molecule has 2 aliphatic rings. The van der Waals surface area contributed by atoms with Crippen molar-refractivity contribution in [3.8, 4) is 5.75 Å². The molecule has 0 radical (unpaired) electrons. The molecule has 1 heterocycles. The van der Waals surface area contributed by atoms with Gasteiger partial charge < -0.3 is 15.0 Å². The van der Waals surface area contributed by atoms with Gasteiger partial charge in [-0.05, 0) is 36.8 Å². The fourth-order valence-corrected chi connectivity index (χ4v) is 2.61. The molecule has 1 aromatic carbocycles. The van der Waals surface area contributed by atoms with E-state index in [1.54, 1.807) is 6.07 Å².